The van der Waals surface area contributed by atoms with E-state index in [0.717, 1.165) is 29.6 Å². The molecule has 3 aromatic rings. The molecule has 1 aliphatic carbocycles. The molecule has 2 aromatic heterocycles. The van der Waals surface area contributed by atoms with Crippen LogP contribution in [0.25, 0.3) is 11.0 Å². The predicted molar refractivity (Wildman–Crippen MR) is 132 cm³/mol. The molecule has 0 radical (unpaired) electrons. The molecule has 0 bridgehead atoms. The minimum atomic E-state index is -0.251. The van der Waals surface area contributed by atoms with Crippen molar-refractivity contribution in [1.29, 1.82) is 0 Å². The van der Waals surface area contributed by atoms with E-state index in [1.165, 1.54) is 36.7 Å². The smallest absolute Gasteiger partial charge is 0.293 e. The summed E-state index contributed by atoms with van der Waals surface area (Å²) in [6, 6.07) is 6.95. The zero-order chi connectivity index (χ0) is 23.5. The third kappa shape index (κ3) is 4.84. The summed E-state index contributed by atoms with van der Waals surface area (Å²) in [5.41, 5.74) is 3.20. The Bertz CT molecular complexity index is 1210. The van der Waals surface area contributed by atoms with Gasteiger partial charge < -0.3 is 15.6 Å². The Morgan fingerprint density at radius 1 is 1.18 bits per heavy atom. The molecule has 1 unspecified atom stereocenters. The summed E-state index contributed by atoms with van der Waals surface area (Å²) in [7, 11) is 0. The van der Waals surface area contributed by atoms with E-state index in [0.29, 0.717) is 36.7 Å². The fourth-order valence-corrected chi connectivity index (χ4v) is 5.39. The van der Waals surface area contributed by atoms with Crippen LogP contribution in [0.2, 0.25) is 0 Å². The highest BCUT2D eigenvalue weighted by Gasteiger charge is 2.32. The summed E-state index contributed by atoms with van der Waals surface area (Å²) in [6.45, 7) is 4.01. The molecule has 3 heterocycles. The van der Waals surface area contributed by atoms with Crippen molar-refractivity contribution in [3.05, 3.63) is 52.3 Å². The maximum absolute atomic E-state index is 13.1. The first-order valence-corrected chi connectivity index (χ1v) is 12.3. The minimum absolute atomic E-state index is 0.0359. The van der Waals surface area contributed by atoms with Gasteiger partial charge in [0, 0.05) is 37.1 Å². The number of hydrogen-bond donors (Lipinski definition) is 3. The van der Waals surface area contributed by atoms with E-state index in [2.05, 4.69) is 30.5 Å². The summed E-state index contributed by atoms with van der Waals surface area (Å²) < 4.78 is 1.49. The van der Waals surface area contributed by atoms with Crippen LogP contribution >= 0.6 is 0 Å². The van der Waals surface area contributed by atoms with Gasteiger partial charge in [-0.3, -0.25) is 19.1 Å². The van der Waals surface area contributed by atoms with E-state index in [1.807, 2.05) is 18.2 Å². The highest BCUT2D eigenvalue weighted by molar-refractivity contribution is 5.77. The number of aryl methyl sites for hydroxylation is 1. The molecule has 3 N–H and O–H groups in total. The van der Waals surface area contributed by atoms with Gasteiger partial charge in [-0.1, -0.05) is 18.9 Å². The lowest BCUT2D eigenvalue weighted by Crippen LogP contribution is -2.42. The quantitative estimate of drug-likeness (QED) is 0.474. The maximum atomic E-state index is 13.1. The zero-order valence-corrected chi connectivity index (χ0v) is 19.7. The lowest BCUT2D eigenvalue weighted by molar-refractivity contribution is -0.121. The minimum Gasteiger partial charge on any atom is -0.364 e. The van der Waals surface area contributed by atoms with Gasteiger partial charge in [-0.2, -0.15) is 0 Å². The molecule has 2 fully saturated rings. The van der Waals surface area contributed by atoms with Gasteiger partial charge in [-0.25, -0.2) is 9.97 Å². The van der Waals surface area contributed by atoms with Crippen LogP contribution in [0, 0.1) is 6.92 Å². The van der Waals surface area contributed by atoms with E-state index in [1.54, 1.807) is 19.4 Å². The Hall–Kier alpha value is -3.20. The van der Waals surface area contributed by atoms with Gasteiger partial charge in [0.2, 0.25) is 5.91 Å². The molecule has 1 aliphatic heterocycles. The van der Waals surface area contributed by atoms with Gasteiger partial charge in [-0.15, -0.1) is 0 Å². The normalized spacial score (nSPS) is 19.1. The van der Waals surface area contributed by atoms with Gasteiger partial charge >= 0.3 is 0 Å². The summed E-state index contributed by atoms with van der Waals surface area (Å²) in [6.07, 6.45) is 10.9. The van der Waals surface area contributed by atoms with Crippen LogP contribution in [0.4, 0.5) is 5.82 Å². The van der Waals surface area contributed by atoms with Crippen molar-refractivity contribution in [2.24, 2.45) is 0 Å². The highest BCUT2D eigenvalue weighted by atomic mass is 16.2. The number of aromatic nitrogens is 4. The van der Waals surface area contributed by atoms with Crippen LogP contribution in [0.3, 0.4) is 0 Å². The summed E-state index contributed by atoms with van der Waals surface area (Å²) in [5, 5.41) is 6.21. The molecule has 1 amide bonds. The van der Waals surface area contributed by atoms with Gasteiger partial charge in [0.05, 0.1) is 17.4 Å². The molecule has 9 nitrogen and oxygen atoms in total. The molecule has 1 aromatic carbocycles. The van der Waals surface area contributed by atoms with Crippen LogP contribution in [-0.2, 0) is 17.9 Å². The number of fused-ring (bicyclic) bond motifs is 1. The van der Waals surface area contributed by atoms with Crippen molar-refractivity contribution < 1.29 is 4.79 Å². The predicted octanol–water partition coefficient (Wildman–Crippen LogP) is 2.56. The molecule has 5 rings (SSSR count). The molecule has 1 saturated heterocycles. The lowest BCUT2D eigenvalue weighted by Gasteiger charge is -2.30. The number of imidazole rings is 1. The molecule has 1 saturated carbocycles. The van der Waals surface area contributed by atoms with E-state index in [4.69, 9.17) is 0 Å². The van der Waals surface area contributed by atoms with E-state index in [9.17, 15) is 9.59 Å². The number of hydrogen-bond acceptors (Lipinski definition) is 6. The standard InChI is InChI=1S/C25H33N7O2/c1-17-12-27-24(28-14-20-7-4-10-31(20)19-5-2-3-6-19)25(34)32(17)15-23(33)26-13-18-8-9-21-22(11-18)30-16-29-21/h8-9,11-12,16,19-20H,2-7,10,13-15H2,1H3,(H,26,33)(H,27,28)(H,29,30). The molecule has 9 heteroatoms. The Morgan fingerprint density at radius 3 is 2.88 bits per heavy atom. The van der Waals surface area contributed by atoms with Crippen molar-refractivity contribution in [2.45, 2.75) is 70.6 Å². The summed E-state index contributed by atoms with van der Waals surface area (Å²) in [5.74, 6) is 0.108. The van der Waals surface area contributed by atoms with Crippen LogP contribution in [-0.4, -0.2) is 55.5 Å². The SMILES string of the molecule is Cc1cnc(NCC2CCCN2C2CCCC2)c(=O)n1CC(=O)NCc1ccc2nc[nH]c2c1. The largest absolute Gasteiger partial charge is 0.364 e. The number of rotatable bonds is 8. The fourth-order valence-electron chi connectivity index (χ4n) is 5.39. The van der Waals surface area contributed by atoms with Gasteiger partial charge in [0.1, 0.15) is 6.54 Å². The number of nitrogens with one attached hydrogen (secondary N) is 3. The summed E-state index contributed by atoms with van der Waals surface area (Å²) >= 11 is 0. The second-order valence-corrected chi connectivity index (χ2v) is 9.52. The first-order chi connectivity index (χ1) is 16.6. The molecule has 180 valence electrons. The average molecular weight is 464 g/mol. The fraction of sp³-hybridized carbons (Fsp3) is 0.520. The van der Waals surface area contributed by atoms with Crippen molar-refractivity contribution in [3.63, 3.8) is 0 Å². The van der Waals surface area contributed by atoms with Crippen LogP contribution < -0.4 is 16.2 Å². The Morgan fingerprint density at radius 2 is 2.03 bits per heavy atom. The molecule has 1 atom stereocenters. The molecular weight excluding hydrogens is 430 g/mol. The van der Waals surface area contributed by atoms with Crippen molar-refractivity contribution in [3.8, 4) is 0 Å². The first kappa shape index (κ1) is 22.6. The maximum Gasteiger partial charge on any atom is 0.293 e. The molecule has 34 heavy (non-hydrogen) atoms. The monoisotopic (exact) mass is 463 g/mol. The number of likely N-dealkylation sites (tertiary alicyclic amines) is 1. The number of anilines is 1. The number of benzene rings is 1. The van der Waals surface area contributed by atoms with Gasteiger partial charge in [0.15, 0.2) is 5.82 Å². The van der Waals surface area contributed by atoms with E-state index >= 15 is 0 Å². The third-order valence-corrected chi connectivity index (χ3v) is 7.25. The Kier molecular flexibility index (Phi) is 6.62. The van der Waals surface area contributed by atoms with Crippen molar-refractivity contribution >= 4 is 22.8 Å². The topological polar surface area (TPSA) is 108 Å². The van der Waals surface area contributed by atoms with Crippen molar-refractivity contribution in [1.82, 2.24) is 29.7 Å². The number of aromatic amines is 1. The van der Waals surface area contributed by atoms with Crippen LogP contribution in [0.5, 0.6) is 0 Å². The van der Waals surface area contributed by atoms with Crippen LogP contribution in [0.1, 0.15) is 49.8 Å². The molecule has 0 spiro atoms. The van der Waals surface area contributed by atoms with Crippen LogP contribution in [0.15, 0.2) is 35.5 Å². The first-order valence-electron chi connectivity index (χ1n) is 12.3. The third-order valence-electron chi connectivity index (χ3n) is 7.25. The number of carbonyl (C=O) groups excluding carboxylic acids is 1. The lowest BCUT2D eigenvalue weighted by atomic mass is 10.1. The summed E-state index contributed by atoms with van der Waals surface area (Å²) in [4.78, 5) is 40.0. The highest BCUT2D eigenvalue weighted by Crippen LogP contribution is 2.30. The molecular formula is C25H33N7O2. The zero-order valence-electron chi connectivity index (χ0n) is 19.7. The number of amides is 1. The number of H-pyrrole nitrogens is 1. The van der Waals surface area contributed by atoms with Gasteiger partial charge in [0.25, 0.3) is 5.56 Å². The number of carbonyl (C=O) groups is 1. The Balaban J connectivity index is 1.20. The second-order valence-electron chi connectivity index (χ2n) is 9.52. The second kappa shape index (κ2) is 9.97. The van der Waals surface area contributed by atoms with E-state index < -0.39 is 0 Å². The van der Waals surface area contributed by atoms with Gasteiger partial charge in [-0.05, 0) is 56.8 Å². The number of nitrogens with zero attached hydrogens (tertiary/aromatic N) is 4. The van der Waals surface area contributed by atoms with Crippen molar-refractivity contribution in [2.75, 3.05) is 18.4 Å². The molecule has 2 aliphatic rings. The Labute approximate surface area is 199 Å². The van der Waals surface area contributed by atoms with E-state index in [-0.39, 0.29) is 18.0 Å². The average Bonchev–Trinajstić information content (AvgIpc) is 3.60.